The van der Waals surface area contributed by atoms with Gasteiger partial charge in [-0.3, -0.25) is 4.79 Å². The second-order valence-electron chi connectivity index (χ2n) is 4.88. The Balaban J connectivity index is 2.14. The summed E-state index contributed by atoms with van der Waals surface area (Å²) in [7, 11) is 0. The molecule has 7 nitrogen and oxygen atoms in total. The van der Waals surface area contributed by atoms with Crippen molar-refractivity contribution in [3.8, 4) is 0 Å². The zero-order valence-corrected chi connectivity index (χ0v) is 12.3. The third-order valence-electron chi connectivity index (χ3n) is 3.47. The van der Waals surface area contributed by atoms with Gasteiger partial charge in [0.15, 0.2) is 0 Å². The van der Waals surface area contributed by atoms with E-state index in [9.17, 15) is 19.5 Å². The summed E-state index contributed by atoms with van der Waals surface area (Å²) in [5.41, 5.74) is -2.03. The van der Waals surface area contributed by atoms with Crippen LogP contribution in [-0.2, 0) is 14.4 Å². The fraction of sp³-hybridized carbons (Fsp3) is 0.357. The molecule has 118 valence electrons. The van der Waals surface area contributed by atoms with E-state index in [2.05, 4.69) is 0 Å². The Morgan fingerprint density at radius 3 is 2.36 bits per heavy atom. The maximum Gasteiger partial charge on any atom is 0.347 e. The molecule has 0 aliphatic carbocycles. The number of nitrogens with zero attached hydrogens (tertiary/aromatic N) is 1. The summed E-state index contributed by atoms with van der Waals surface area (Å²) in [6.07, 6.45) is -0.576. The van der Waals surface area contributed by atoms with Gasteiger partial charge in [-0.15, -0.1) is 11.8 Å². The van der Waals surface area contributed by atoms with Crippen LogP contribution in [0.15, 0.2) is 30.3 Å². The highest BCUT2D eigenvalue weighted by molar-refractivity contribution is 8.00. The van der Waals surface area contributed by atoms with E-state index in [-0.39, 0.29) is 23.6 Å². The Morgan fingerprint density at radius 2 is 1.82 bits per heavy atom. The Kier molecular flexibility index (Phi) is 4.72. The van der Waals surface area contributed by atoms with E-state index >= 15 is 0 Å². The number of hydrogen-bond donors (Lipinski definition) is 3. The van der Waals surface area contributed by atoms with Crippen LogP contribution in [0.5, 0.6) is 0 Å². The van der Waals surface area contributed by atoms with Crippen LogP contribution in [0.3, 0.4) is 0 Å². The first kappa shape index (κ1) is 16.3. The van der Waals surface area contributed by atoms with Crippen molar-refractivity contribution in [2.45, 2.75) is 17.4 Å². The average Bonchev–Trinajstić information content (AvgIpc) is 2.86. The monoisotopic (exact) mass is 325 g/mol. The lowest BCUT2D eigenvalue weighted by Crippen LogP contribution is -2.49. The van der Waals surface area contributed by atoms with Gasteiger partial charge < -0.3 is 20.2 Å². The fourth-order valence-corrected chi connectivity index (χ4v) is 3.40. The Morgan fingerprint density at radius 1 is 1.23 bits per heavy atom. The Labute approximate surface area is 130 Å². The van der Waals surface area contributed by atoms with Gasteiger partial charge in [0, 0.05) is 13.0 Å². The highest BCUT2D eigenvalue weighted by Crippen LogP contribution is 2.38. The van der Waals surface area contributed by atoms with E-state index in [1.807, 2.05) is 30.3 Å². The van der Waals surface area contributed by atoms with Crippen molar-refractivity contribution in [1.29, 1.82) is 0 Å². The number of carbonyl (C=O) groups is 3. The summed E-state index contributed by atoms with van der Waals surface area (Å²) in [6.45, 7) is -0.152. The third-order valence-corrected chi connectivity index (χ3v) is 4.73. The van der Waals surface area contributed by atoms with Gasteiger partial charge in [-0.2, -0.15) is 0 Å². The van der Waals surface area contributed by atoms with E-state index in [0.717, 1.165) is 5.56 Å². The summed E-state index contributed by atoms with van der Waals surface area (Å²) >= 11 is 1.38. The van der Waals surface area contributed by atoms with Crippen LogP contribution in [-0.4, -0.2) is 56.0 Å². The Hall–Kier alpha value is -2.06. The van der Waals surface area contributed by atoms with E-state index in [4.69, 9.17) is 10.2 Å². The first-order valence-electron chi connectivity index (χ1n) is 6.51. The molecule has 1 saturated heterocycles. The standard InChI is InChI=1S/C14H15NO6S/c16-10-8-22-11(9-4-2-1-3-5-9)15(10)7-6-14(21,12(17)18)13(19)20/h1-5,11,21H,6-8H2,(H,17,18)(H,19,20). The highest BCUT2D eigenvalue weighted by atomic mass is 32.2. The van der Waals surface area contributed by atoms with E-state index in [1.165, 1.54) is 16.7 Å². The summed E-state index contributed by atoms with van der Waals surface area (Å²) in [5, 5.41) is 27.2. The molecule has 1 heterocycles. The van der Waals surface area contributed by atoms with Crippen LogP contribution in [0, 0.1) is 0 Å². The molecule has 1 atom stereocenters. The smallest absolute Gasteiger partial charge is 0.347 e. The Bertz CT molecular complexity index is 576. The molecule has 1 amide bonds. The van der Waals surface area contributed by atoms with Crippen LogP contribution in [0.1, 0.15) is 17.4 Å². The largest absolute Gasteiger partial charge is 0.479 e. The lowest BCUT2D eigenvalue weighted by Gasteiger charge is -2.27. The van der Waals surface area contributed by atoms with Crippen LogP contribution in [0.25, 0.3) is 0 Å². The second-order valence-corrected chi connectivity index (χ2v) is 5.95. The molecule has 8 heteroatoms. The zero-order valence-electron chi connectivity index (χ0n) is 11.5. The number of benzene rings is 1. The molecular weight excluding hydrogens is 310 g/mol. The number of carboxylic acid groups (broad SMARTS) is 2. The SMILES string of the molecule is O=C1CSC(c2ccccc2)N1CCC(O)(C(=O)O)C(=O)O. The predicted octanol–water partition coefficient (Wildman–Crippen LogP) is 0.551. The molecule has 0 saturated carbocycles. The van der Waals surface area contributed by atoms with Gasteiger partial charge in [0.1, 0.15) is 5.37 Å². The number of carboxylic acids is 2. The van der Waals surface area contributed by atoms with Crippen molar-refractivity contribution in [2.75, 3.05) is 12.3 Å². The molecule has 1 aliphatic heterocycles. The zero-order chi connectivity index (χ0) is 16.3. The molecule has 3 N–H and O–H groups in total. The van der Waals surface area contributed by atoms with E-state index in [0.29, 0.717) is 0 Å². The molecule has 1 aliphatic rings. The number of rotatable bonds is 6. The van der Waals surface area contributed by atoms with E-state index in [1.54, 1.807) is 0 Å². The second kappa shape index (κ2) is 6.37. The average molecular weight is 325 g/mol. The number of amides is 1. The van der Waals surface area contributed by atoms with Gasteiger partial charge in [-0.25, -0.2) is 9.59 Å². The third kappa shape index (κ3) is 3.07. The molecule has 0 bridgehead atoms. The predicted molar refractivity (Wildman–Crippen MR) is 78.2 cm³/mol. The number of thioether (sulfide) groups is 1. The molecule has 22 heavy (non-hydrogen) atoms. The lowest BCUT2D eigenvalue weighted by atomic mass is 10.00. The van der Waals surface area contributed by atoms with Crippen molar-refractivity contribution in [2.24, 2.45) is 0 Å². The summed E-state index contributed by atoms with van der Waals surface area (Å²) in [6, 6.07) is 9.15. The molecule has 0 radical (unpaired) electrons. The normalized spacial score (nSPS) is 18.5. The van der Waals surface area contributed by atoms with Crippen LogP contribution >= 0.6 is 11.8 Å². The minimum Gasteiger partial charge on any atom is -0.479 e. The molecule has 2 rings (SSSR count). The van der Waals surface area contributed by atoms with Crippen LogP contribution in [0.2, 0.25) is 0 Å². The molecule has 1 fully saturated rings. The van der Waals surface area contributed by atoms with Crippen molar-refractivity contribution >= 4 is 29.6 Å². The molecule has 0 aromatic heterocycles. The van der Waals surface area contributed by atoms with Crippen molar-refractivity contribution < 1.29 is 29.7 Å². The van der Waals surface area contributed by atoms with Crippen molar-refractivity contribution in [3.63, 3.8) is 0 Å². The van der Waals surface area contributed by atoms with E-state index < -0.39 is 24.0 Å². The van der Waals surface area contributed by atoms with Gasteiger partial charge in [-0.05, 0) is 5.56 Å². The fourth-order valence-electron chi connectivity index (χ4n) is 2.18. The highest BCUT2D eigenvalue weighted by Gasteiger charge is 2.46. The van der Waals surface area contributed by atoms with Gasteiger partial charge >= 0.3 is 11.9 Å². The molecule has 1 aromatic carbocycles. The lowest BCUT2D eigenvalue weighted by molar-refractivity contribution is -0.177. The molecule has 1 aromatic rings. The first-order chi connectivity index (χ1) is 10.4. The van der Waals surface area contributed by atoms with Gasteiger partial charge in [0.2, 0.25) is 5.91 Å². The minimum atomic E-state index is -2.89. The molecule has 1 unspecified atom stereocenters. The molecular formula is C14H15NO6S. The summed E-state index contributed by atoms with van der Waals surface area (Å²) in [5.74, 6) is -3.65. The van der Waals surface area contributed by atoms with Crippen LogP contribution in [0.4, 0.5) is 0 Å². The van der Waals surface area contributed by atoms with Gasteiger partial charge in [-0.1, -0.05) is 30.3 Å². The van der Waals surface area contributed by atoms with Crippen molar-refractivity contribution in [3.05, 3.63) is 35.9 Å². The molecule has 0 spiro atoms. The van der Waals surface area contributed by atoms with Gasteiger partial charge in [0.25, 0.3) is 5.60 Å². The maximum absolute atomic E-state index is 11.9. The summed E-state index contributed by atoms with van der Waals surface area (Å²) < 4.78 is 0. The van der Waals surface area contributed by atoms with Crippen LogP contribution < -0.4 is 0 Å². The topological polar surface area (TPSA) is 115 Å². The summed E-state index contributed by atoms with van der Waals surface area (Å²) in [4.78, 5) is 35.3. The number of aliphatic hydroxyl groups is 1. The number of carbonyl (C=O) groups excluding carboxylic acids is 1. The number of aliphatic carboxylic acids is 2. The minimum absolute atomic E-state index is 0.152. The number of hydrogen-bond acceptors (Lipinski definition) is 5. The first-order valence-corrected chi connectivity index (χ1v) is 7.56. The maximum atomic E-state index is 11.9. The quantitative estimate of drug-likeness (QED) is 0.654. The van der Waals surface area contributed by atoms with Gasteiger partial charge in [0.05, 0.1) is 5.75 Å². The van der Waals surface area contributed by atoms with Crippen molar-refractivity contribution in [1.82, 2.24) is 4.90 Å².